The molecule has 0 saturated heterocycles. The van der Waals surface area contributed by atoms with Crippen molar-refractivity contribution in [2.45, 2.75) is 200 Å². The van der Waals surface area contributed by atoms with Gasteiger partial charge in [0.05, 0.1) is 0 Å². The van der Waals surface area contributed by atoms with Gasteiger partial charge in [-0.3, -0.25) is 0 Å². The van der Waals surface area contributed by atoms with Gasteiger partial charge in [-0.1, -0.05) is 162 Å². The zero-order valence-corrected chi connectivity index (χ0v) is 25.4. The molecule has 0 radical (unpaired) electrons. The summed E-state index contributed by atoms with van der Waals surface area (Å²) in [5, 5.41) is 0. The van der Waals surface area contributed by atoms with Crippen molar-refractivity contribution in [3.05, 3.63) is 18.2 Å². The van der Waals surface area contributed by atoms with Crippen LogP contribution < -0.4 is 0 Å². The lowest BCUT2D eigenvalue weighted by atomic mass is 9.92. The first-order valence-corrected chi connectivity index (χ1v) is 16.8. The van der Waals surface area contributed by atoms with Crippen LogP contribution in [0.5, 0.6) is 0 Å². The van der Waals surface area contributed by atoms with Crippen molar-refractivity contribution >= 4 is 0 Å². The summed E-state index contributed by atoms with van der Waals surface area (Å²) in [7, 11) is 0. The highest BCUT2D eigenvalue weighted by atomic mass is 15.1. The van der Waals surface area contributed by atoms with E-state index in [1.807, 2.05) is 0 Å². The van der Waals surface area contributed by atoms with Crippen molar-refractivity contribution in [2.24, 2.45) is 0 Å². The summed E-state index contributed by atoms with van der Waals surface area (Å²) in [6, 6.07) is 0.584. The Kier molecular flexibility index (Phi) is 22.7. The van der Waals surface area contributed by atoms with Crippen LogP contribution in [-0.4, -0.2) is 9.55 Å². The smallest absolute Gasteiger partial charge is 0.111 e. The summed E-state index contributed by atoms with van der Waals surface area (Å²) < 4.78 is 2.52. The second-order valence-electron chi connectivity index (χ2n) is 11.8. The number of nitrogens with zero attached hydrogens (tertiary/aromatic N) is 2. The Hall–Kier alpha value is -0.790. The maximum atomic E-state index is 4.91. The molecule has 0 aromatic carbocycles. The number of hydrogen-bond donors (Lipinski definition) is 0. The van der Waals surface area contributed by atoms with E-state index in [0.717, 1.165) is 0 Å². The van der Waals surface area contributed by atoms with E-state index in [4.69, 9.17) is 4.98 Å². The van der Waals surface area contributed by atoms with Crippen LogP contribution in [0.3, 0.4) is 0 Å². The molecule has 1 aromatic heterocycles. The number of unbranched alkanes of at least 4 members (excludes halogenated alkanes) is 19. The second-order valence-corrected chi connectivity index (χ2v) is 11.8. The van der Waals surface area contributed by atoms with Crippen molar-refractivity contribution in [1.29, 1.82) is 0 Å². The van der Waals surface area contributed by atoms with Gasteiger partial charge in [-0.15, -0.1) is 0 Å². The van der Waals surface area contributed by atoms with Crippen molar-refractivity contribution < 1.29 is 0 Å². The molecule has 1 heterocycles. The molecule has 0 N–H and O–H groups in total. The molecule has 0 fully saturated rings. The molecule has 0 spiro atoms. The molecule has 2 atom stereocenters. The zero-order valence-electron chi connectivity index (χ0n) is 25.4. The Bertz CT molecular complexity index is 563. The molecule has 1 aromatic rings. The minimum Gasteiger partial charge on any atom is -0.332 e. The lowest BCUT2D eigenvalue weighted by Gasteiger charge is -2.22. The molecule has 2 heteroatoms. The van der Waals surface area contributed by atoms with Crippen LogP contribution in [0, 0.1) is 0 Å². The van der Waals surface area contributed by atoms with Gasteiger partial charge in [0.1, 0.15) is 5.82 Å². The molecule has 0 aliphatic carbocycles. The van der Waals surface area contributed by atoms with Crippen LogP contribution in [0.4, 0.5) is 0 Å². The number of rotatable bonds is 27. The summed E-state index contributed by atoms with van der Waals surface area (Å²) in [6.45, 7) is 9.30. The minimum atomic E-state index is 0.584. The average molecular weight is 503 g/mol. The normalized spacial score (nSPS) is 13.3. The first kappa shape index (κ1) is 33.2. The summed E-state index contributed by atoms with van der Waals surface area (Å²) >= 11 is 0. The number of hydrogen-bond acceptors (Lipinski definition) is 1. The van der Waals surface area contributed by atoms with Crippen molar-refractivity contribution in [2.75, 3.05) is 0 Å². The first-order valence-electron chi connectivity index (χ1n) is 16.8. The fourth-order valence-corrected chi connectivity index (χ4v) is 5.91. The average Bonchev–Trinajstić information content (AvgIpc) is 3.37. The molecule has 0 amide bonds. The predicted molar refractivity (Wildman–Crippen MR) is 162 cm³/mol. The maximum absolute atomic E-state index is 4.91. The summed E-state index contributed by atoms with van der Waals surface area (Å²) in [5.74, 6) is 2.05. The minimum absolute atomic E-state index is 0.584. The van der Waals surface area contributed by atoms with Gasteiger partial charge in [-0.05, 0) is 26.2 Å². The molecule has 36 heavy (non-hydrogen) atoms. The third kappa shape index (κ3) is 16.9. The fourth-order valence-electron chi connectivity index (χ4n) is 5.91. The van der Waals surface area contributed by atoms with Crippen LogP contribution in [0.1, 0.15) is 206 Å². The zero-order chi connectivity index (χ0) is 26.1. The monoisotopic (exact) mass is 503 g/mol. The van der Waals surface area contributed by atoms with Gasteiger partial charge in [0, 0.05) is 24.4 Å². The molecule has 0 aliphatic rings. The van der Waals surface area contributed by atoms with E-state index in [1.165, 1.54) is 166 Å². The molecule has 0 saturated carbocycles. The third-order valence-electron chi connectivity index (χ3n) is 8.31. The fraction of sp³-hybridized carbons (Fsp3) is 0.912. The van der Waals surface area contributed by atoms with Gasteiger partial charge in [0.15, 0.2) is 0 Å². The first-order chi connectivity index (χ1) is 17.7. The molecule has 0 bridgehead atoms. The van der Waals surface area contributed by atoms with Crippen molar-refractivity contribution in [3.63, 3.8) is 0 Å². The van der Waals surface area contributed by atoms with E-state index in [9.17, 15) is 0 Å². The van der Waals surface area contributed by atoms with Gasteiger partial charge in [-0.2, -0.15) is 0 Å². The SMILES string of the molecule is CCCCCCCCCCCCCCCC(CCCCCCCCCC)c1nccn1C(C)CCC. The van der Waals surface area contributed by atoms with Crippen LogP contribution in [0.15, 0.2) is 12.4 Å². The van der Waals surface area contributed by atoms with Gasteiger partial charge >= 0.3 is 0 Å². The molecule has 2 unspecified atom stereocenters. The third-order valence-corrected chi connectivity index (χ3v) is 8.31. The molecular weight excluding hydrogens is 436 g/mol. The van der Waals surface area contributed by atoms with E-state index >= 15 is 0 Å². The second kappa shape index (κ2) is 24.5. The van der Waals surface area contributed by atoms with E-state index in [0.29, 0.717) is 12.0 Å². The van der Waals surface area contributed by atoms with E-state index in [1.54, 1.807) is 0 Å². The lowest BCUT2D eigenvalue weighted by molar-refractivity contribution is 0.421. The highest BCUT2D eigenvalue weighted by Crippen LogP contribution is 2.30. The quantitative estimate of drug-likeness (QED) is 0.109. The van der Waals surface area contributed by atoms with Gasteiger partial charge in [-0.25, -0.2) is 4.98 Å². The van der Waals surface area contributed by atoms with Crippen molar-refractivity contribution in [1.82, 2.24) is 9.55 Å². The van der Waals surface area contributed by atoms with Crippen LogP contribution in [-0.2, 0) is 0 Å². The topological polar surface area (TPSA) is 17.8 Å². The molecule has 1 rings (SSSR count). The van der Waals surface area contributed by atoms with Crippen LogP contribution in [0.25, 0.3) is 0 Å². The maximum Gasteiger partial charge on any atom is 0.111 e. The van der Waals surface area contributed by atoms with Crippen LogP contribution >= 0.6 is 0 Å². The van der Waals surface area contributed by atoms with E-state index < -0.39 is 0 Å². The van der Waals surface area contributed by atoms with E-state index in [2.05, 4.69) is 44.7 Å². The Morgan fingerprint density at radius 2 is 0.917 bits per heavy atom. The largest absolute Gasteiger partial charge is 0.332 e. The predicted octanol–water partition coefficient (Wildman–Crippen LogP) is 12.3. The Balaban J connectivity index is 2.30. The summed E-state index contributed by atoms with van der Waals surface area (Å²) in [4.78, 5) is 4.91. The van der Waals surface area contributed by atoms with Crippen LogP contribution in [0.2, 0.25) is 0 Å². The summed E-state index contributed by atoms with van der Waals surface area (Å²) in [6.07, 6.45) is 39.5. The summed E-state index contributed by atoms with van der Waals surface area (Å²) in [5.41, 5.74) is 0. The molecule has 212 valence electrons. The van der Waals surface area contributed by atoms with Gasteiger partial charge < -0.3 is 4.57 Å². The molecule has 0 aliphatic heterocycles. The molecule has 2 nitrogen and oxygen atoms in total. The van der Waals surface area contributed by atoms with Gasteiger partial charge in [0.25, 0.3) is 0 Å². The lowest BCUT2D eigenvalue weighted by Crippen LogP contribution is -2.13. The number of aromatic nitrogens is 2. The Morgan fingerprint density at radius 3 is 1.31 bits per heavy atom. The molecular formula is C34H66N2. The van der Waals surface area contributed by atoms with Crippen molar-refractivity contribution in [3.8, 4) is 0 Å². The standard InChI is InChI=1S/C34H66N2/c1-5-8-10-12-14-16-17-18-19-20-22-24-26-29-33(28-25-23-21-15-13-11-9-6-2)34-35-30-31-36(34)32(4)27-7-3/h30-33H,5-29H2,1-4H3. The Morgan fingerprint density at radius 1 is 0.528 bits per heavy atom. The highest BCUT2D eigenvalue weighted by Gasteiger charge is 2.19. The number of imidazole rings is 1. The van der Waals surface area contributed by atoms with E-state index in [-0.39, 0.29) is 0 Å². The Labute approximate surface area is 227 Å². The highest BCUT2D eigenvalue weighted by molar-refractivity contribution is 5.02. The van der Waals surface area contributed by atoms with Gasteiger partial charge in [0.2, 0.25) is 0 Å².